The van der Waals surface area contributed by atoms with Crippen LogP contribution >= 0.6 is 39.1 Å². The summed E-state index contributed by atoms with van der Waals surface area (Å²) in [5, 5.41) is 5.85. The van der Waals surface area contributed by atoms with Gasteiger partial charge in [0, 0.05) is 12.1 Å². The van der Waals surface area contributed by atoms with Gasteiger partial charge < -0.3 is 15.0 Å². The van der Waals surface area contributed by atoms with Crippen molar-refractivity contribution in [1.29, 1.82) is 0 Å². The largest absolute Gasteiger partial charge is 0.483 e. The molecule has 186 valence electrons. The number of nitrogens with zero attached hydrogens (tertiary/aromatic N) is 1. The van der Waals surface area contributed by atoms with Gasteiger partial charge in [-0.2, -0.15) is 0 Å². The molecule has 1 N–H and O–H groups in total. The zero-order valence-electron chi connectivity index (χ0n) is 20.2. The van der Waals surface area contributed by atoms with E-state index in [-0.39, 0.29) is 25.0 Å². The van der Waals surface area contributed by atoms with Crippen molar-refractivity contribution in [2.24, 2.45) is 0 Å². The van der Waals surface area contributed by atoms with Gasteiger partial charge in [-0.05, 0) is 77.7 Å². The fraction of sp³-hybridized carbons (Fsp3) is 0.333. The first-order valence-corrected chi connectivity index (χ1v) is 12.9. The summed E-state index contributed by atoms with van der Waals surface area (Å²) in [6, 6.07) is 16.2. The minimum absolute atomic E-state index is 0.189. The van der Waals surface area contributed by atoms with E-state index < -0.39 is 11.6 Å². The molecule has 0 bridgehead atoms. The Labute approximate surface area is 224 Å². The van der Waals surface area contributed by atoms with E-state index >= 15 is 0 Å². The highest BCUT2D eigenvalue weighted by Gasteiger charge is 2.31. The normalized spacial score (nSPS) is 12.3. The lowest BCUT2D eigenvalue weighted by Crippen LogP contribution is -2.54. The van der Waals surface area contributed by atoms with Crippen molar-refractivity contribution in [3.63, 3.8) is 0 Å². The maximum atomic E-state index is 13.5. The molecule has 0 aliphatic rings. The van der Waals surface area contributed by atoms with Gasteiger partial charge in [0.05, 0.1) is 14.5 Å². The van der Waals surface area contributed by atoms with Crippen molar-refractivity contribution in [3.8, 4) is 5.75 Å². The van der Waals surface area contributed by atoms with Crippen LogP contribution in [0.4, 0.5) is 0 Å². The fourth-order valence-electron chi connectivity index (χ4n) is 3.75. The summed E-state index contributed by atoms with van der Waals surface area (Å²) in [4.78, 5) is 28.1. The quantitative estimate of drug-likeness (QED) is 0.312. The summed E-state index contributed by atoms with van der Waals surface area (Å²) in [6.07, 6.45) is 0.439. The molecular weight excluding hydrogens is 551 g/mol. The lowest BCUT2D eigenvalue weighted by molar-refractivity contribution is -0.143. The van der Waals surface area contributed by atoms with E-state index in [1.807, 2.05) is 64.1 Å². The predicted octanol–water partition coefficient (Wildman–Crippen LogP) is 7.01. The van der Waals surface area contributed by atoms with Gasteiger partial charge in [-0.15, -0.1) is 0 Å². The number of nitrogens with one attached hydrogen (secondary N) is 1. The van der Waals surface area contributed by atoms with Crippen LogP contribution in [0.2, 0.25) is 10.0 Å². The molecule has 3 rings (SSSR count). The number of amides is 2. The first-order valence-electron chi connectivity index (χ1n) is 11.4. The third-order valence-electron chi connectivity index (χ3n) is 5.40. The fourth-order valence-corrected chi connectivity index (χ4v) is 4.68. The lowest BCUT2D eigenvalue weighted by atomic mass is 10.1. The molecule has 0 spiro atoms. The van der Waals surface area contributed by atoms with Crippen LogP contribution in [-0.4, -0.2) is 34.9 Å². The van der Waals surface area contributed by atoms with Gasteiger partial charge in [-0.25, -0.2) is 0 Å². The van der Waals surface area contributed by atoms with Gasteiger partial charge in [0.1, 0.15) is 11.8 Å². The van der Waals surface area contributed by atoms with Crippen LogP contribution in [0.15, 0.2) is 59.1 Å². The Hall–Kier alpha value is -2.28. The number of halogens is 3. The number of hydrogen-bond donors (Lipinski definition) is 1. The van der Waals surface area contributed by atoms with Crippen LogP contribution in [-0.2, 0) is 16.1 Å². The lowest BCUT2D eigenvalue weighted by Gasteiger charge is -2.33. The van der Waals surface area contributed by atoms with Crippen molar-refractivity contribution >= 4 is 61.7 Å². The molecule has 0 saturated carbocycles. The number of carbonyl (C=O) groups excluding carboxylic acids is 2. The molecular formula is C27H29BrCl2N2O3. The van der Waals surface area contributed by atoms with E-state index in [0.29, 0.717) is 22.2 Å². The molecule has 0 fully saturated rings. The number of fused-ring (bicyclic) bond motifs is 1. The second-order valence-electron chi connectivity index (χ2n) is 9.32. The zero-order valence-corrected chi connectivity index (χ0v) is 23.3. The Morgan fingerprint density at radius 2 is 1.77 bits per heavy atom. The van der Waals surface area contributed by atoms with Crippen molar-refractivity contribution < 1.29 is 14.3 Å². The van der Waals surface area contributed by atoms with E-state index in [4.69, 9.17) is 27.9 Å². The van der Waals surface area contributed by atoms with Crippen LogP contribution in [0, 0.1) is 0 Å². The molecule has 2 amide bonds. The second-order valence-corrected chi connectivity index (χ2v) is 10.9. The van der Waals surface area contributed by atoms with Crippen molar-refractivity contribution in [2.75, 3.05) is 6.61 Å². The van der Waals surface area contributed by atoms with Gasteiger partial charge >= 0.3 is 0 Å². The van der Waals surface area contributed by atoms with Crippen LogP contribution in [0.1, 0.15) is 39.7 Å². The van der Waals surface area contributed by atoms with E-state index in [1.165, 1.54) is 4.90 Å². The minimum atomic E-state index is -0.681. The van der Waals surface area contributed by atoms with Crippen molar-refractivity contribution in [3.05, 3.63) is 74.7 Å². The third kappa shape index (κ3) is 7.12. The topological polar surface area (TPSA) is 58.6 Å². The molecule has 8 heteroatoms. The standard InChI is InChI=1S/C27H29BrCl2N2O3/c1-5-22(26(34)31-27(2,3)4)32(15-17-10-12-20(29)21(30)14-17)24(33)16-35-23-13-11-18-8-6-7-9-19(18)25(23)28/h6-14,22H,5,15-16H2,1-4H3,(H,31,34)/t22-/m0/s1. The summed E-state index contributed by atoms with van der Waals surface area (Å²) >= 11 is 15.9. The Bertz CT molecular complexity index is 1230. The maximum absolute atomic E-state index is 13.5. The molecule has 0 unspecified atom stereocenters. The molecule has 3 aromatic rings. The molecule has 1 atom stereocenters. The predicted molar refractivity (Wildman–Crippen MR) is 146 cm³/mol. The molecule has 0 radical (unpaired) electrons. The number of benzene rings is 3. The van der Waals surface area contributed by atoms with Gasteiger partial charge in [0.2, 0.25) is 5.91 Å². The number of carbonyl (C=O) groups is 2. The molecule has 0 saturated heterocycles. The molecule has 3 aromatic carbocycles. The summed E-state index contributed by atoms with van der Waals surface area (Å²) in [5.74, 6) is 0.0195. The van der Waals surface area contributed by atoms with E-state index in [0.717, 1.165) is 20.8 Å². The van der Waals surface area contributed by atoms with Crippen molar-refractivity contribution in [1.82, 2.24) is 10.2 Å². The Morgan fingerprint density at radius 1 is 1.06 bits per heavy atom. The first-order chi connectivity index (χ1) is 16.5. The summed E-state index contributed by atoms with van der Waals surface area (Å²) in [6.45, 7) is 7.56. The highest BCUT2D eigenvalue weighted by molar-refractivity contribution is 9.10. The average Bonchev–Trinajstić information content (AvgIpc) is 2.79. The number of hydrogen-bond acceptors (Lipinski definition) is 3. The first kappa shape index (κ1) is 27.3. The maximum Gasteiger partial charge on any atom is 0.261 e. The van der Waals surface area contributed by atoms with Gasteiger partial charge in [-0.1, -0.05) is 66.5 Å². The molecule has 0 aliphatic heterocycles. The minimum Gasteiger partial charge on any atom is -0.483 e. The van der Waals surface area contributed by atoms with Crippen LogP contribution in [0.3, 0.4) is 0 Å². The summed E-state index contributed by atoms with van der Waals surface area (Å²) < 4.78 is 6.70. The van der Waals surface area contributed by atoms with Gasteiger partial charge in [0.15, 0.2) is 6.61 Å². The summed E-state index contributed by atoms with van der Waals surface area (Å²) in [5.41, 5.74) is 0.330. The van der Waals surface area contributed by atoms with E-state index in [2.05, 4.69) is 21.2 Å². The van der Waals surface area contributed by atoms with Crippen LogP contribution in [0.25, 0.3) is 10.8 Å². The molecule has 0 heterocycles. The number of ether oxygens (including phenoxy) is 1. The molecule has 0 aromatic heterocycles. The van der Waals surface area contributed by atoms with Crippen LogP contribution in [0.5, 0.6) is 5.75 Å². The highest BCUT2D eigenvalue weighted by Crippen LogP contribution is 2.33. The van der Waals surface area contributed by atoms with Gasteiger partial charge in [0.25, 0.3) is 5.91 Å². The monoisotopic (exact) mass is 578 g/mol. The summed E-state index contributed by atoms with van der Waals surface area (Å²) in [7, 11) is 0. The van der Waals surface area contributed by atoms with Crippen LogP contribution < -0.4 is 10.1 Å². The average molecular weight is 580 g/mol. The number of rotatable bonds is 8. The highest BCUT2D eigenvalue weighted by atomic mass is 79.9. The Balaban J connectivity index is 1.86. The van der Waals surface area contributed by atoms with Gasteiger partial charge in [-0.3, -0.25) is 9.59 Å². The van der Waals surface area contributed by atoms with E-state index in [1.54, 1.807) is 18.2 Å². The SMILES string of the molecule is CC[C@@H](C(=O)NC(C)(C)C)N(Cc1ccc(Cl)c(Cl)c1)C(=O)COc1ccc2ccccc2c1Br. The molecule has 5 nitrogen and oxygen atoms in total. The van der Waals surface area contributed by atoms with E-state index in [9.17, 15) is 9.59 Å². The Morgan fingerprint density at radius 3 is 2.43 bits per heavy atom. The Kier molecular flexibility index (Phi) is 9.08. The third-order valence-corrected chi connectivity index (χ3v) is 6.96. The van der Waals surface area contributed by atoms with Crippen molar-refractivity contribution in [2.45, 2.75) is 52.2 Å². The molecule has 0 aliphatic carbocycles. The zero-order chi connectivity index (χ0) is 25.8. The molecule has 35 heavy (non-hydrogen) atoms. The second kappa shape index (κ2) is 11.6. The smallest absolute Gasteiger partial charge is 0.261 e.